The second kappa shape index (κ2) is 6.11. The number of imidazole rings is 1. The second-order valence-electron chi connectivity index (χ2n) is 7.16. The first-order valence-electron chi connectivity index (χ1n) is 8.80. The maximum absolute atomic E-state index is 14.0. The summed E-state index contributed by atoms with van der Waals surface area (Å²) in [4.78, 5) is 25.5. The van der Waals surface area contributed by atoms with Gasteiger partial charge >= 0.3 is 0 Å². The molecule has 1 atom stereocenters. The number of hydrogen-bond acceptors (Lipinski definition) is 6. The quantitative estimate of drug-likeness (QED) is 0.670. The molecule has 2 aliphatic rings. The van der Waals surface area contributed by atoms with E-state index in [1.807, 2.05) is 19.0 Å². The molecular formula is C18H16ClFN6O2. The Morgan fingerprint density at radius 1 is 1.39 bits per heavy atom. The summed E-state index contributed by atoms with van der Waals surface area (Å²) < 4.78 is 21.1. The van der Waals surface area contributed by atoms with E-state index in [-0.39, 0.29) is 22.5 Å². The minimum absolute atomic E-state index is 0.149. The van der Waals surface area contributed by atoms with Crippen LogP contribution in [-0.2, 0) is 6.54 Å². The van der Waals surface area contributed by atoms with Gasteiger partial charge in [0.1, 0.15) is 17.8 Å². The molecule has 0 unspecified atom stereocenters. The van der Waals surface area contributed by atoms with E-state index >= 15 is 0 Å². The number of amides is 1. The molecule has 2 aromatic heterocycles. The van der Waals surface area contributed by atoms with Crippen LogP contribution in [0, 0.1) is 5.82 Å². The van der Waals surface area contributed by atoms with Gasteiger partial charge in [-0.25, -0.2) is 9.37 Å². The number of nitrogens with zero attached hydrogens (tertiary/aromatic N) is 6. The number of fused-ring (bicyclic) bond motifs is 5. The first-order chi connectivity index (χ1) is 13.5. The fourth-order valence-corrected chi connectivity index (χ4v) is 3.97. The Hall–Kier alpha value is -2.78. The number of benzene rings is 1. The molecule has 1 amide bonds. The molecule has 0 N–H and O–H groups in total. The molecule has 144 valence electrons. The summed E-state index contributed by atoms with van der Waals surface area (Å²) in [7, 11) is 3.81. The fraction of sp³-hybridized carbons (Fsp3) is 0.333. The highest BCUT2D eigenvalue weighted by Crippen LogP contribution is 2.44. The van der Waals surface area contributed by atoms with Gasteiger partial charge in [-0.15, -0.1) is 0 Å². The van der Waals surface area contributed by atoms with E-state index in [0.29, 0.717) is 36.2 Å². The Bertz CT molecular complexity index is 1110. The van der Waals surface area contributed by atoms with Crippen LogP contribution in [0.3, 0.4) is 0 Å². The molecule has 10 heteroatoms. The monoisotopic (exact) mass is 402 g/mol. The zero-order valence-corrected chi connectivity index (χ0v) is 15.9. The molecule has 3 aromatic rings. The Balaban J connectivity index is 1.69. The normalized spacial score (nSPS) is 17.8. The molecule has 0 spiro atoms. The smallest absolute Gasteiger partial charge is 0.258 e. The zero-order valence-electron chi connectivity index (χ0n) is 15.2. The van der Waals surface area contributed by atoms with Crippen LogP contribution in [0.4, 0.5) is 4.39 Å². The number of aromatic nitrogens is 4. The zero-order chi connectivity index (χ0) is 19.6. The SMILES string of the molecule is CN(C)Cc1nc(-c2ncn3c2[C@@H]2CCN2C(=O)c2c-3ccc(F)c2Cl)no1. The summed E-state index contributed by atoms with van der Waals surface area (Å²) in [6, 6.07) is 2.60. The summed E-state index contributed by atoms with van der Waals surface area (Å²) in [6.45, 7) is 1.08. The van der Waals surface area contributed by atoms with E-state index in [4.69, 9.17) is 16.1 Å². The van der Waals surface area contributed by atoms with Crippen LogP contribution in [0.1, 0.15) is 34.4 Å². The highest BCUT2D eigenvalue weighted by Gasteiger charge is 2.43. The van der Waals surface area contributed by atoms with Crippen molar-refractivity contribution in [1.82, 2.24) is 29.5 Å². The Morgan fingerprint density at radius 3 is 2.93 bits per heavy atom. The maximum Gasteiger partial charge on any atom is 0.258 e. The predicted octanol–water partition coefficient (Wildman–Crippen LogP) is 2.68. The minimum atomic E-state index is -0.624. The van der Waals surface area contributed by atoms with Crippen molar-refractivity contribution in [2.45, 2.75) is 19.0 Å². The molecule has 2 aliphatic heterocycles. The molecule has 1 aromatic carbocycles. The van der Waals surface area contributed by atoms with E-state index in [2.05, 4.69) is 15.1 Å². The summed E-state index contributed by atoms with van der Waals surface area (Å²) in [5, 5.41) is 3.89. The van der Waals surface area contributed by atoms with Gasteiger partial charge in [-0.2, -0.15) is 4.98 Å². The molecule has 4 heterocycles. The average Bonchev–Trinajstić information content (AvgIpc) is 3.21. The van der Waals surface area contributed by atoms with Gasteiger partial charge in [-0.1, -0.05) is 16.8 Å². The van der Waals surface area contributed by atoms with Crippen molar-refractivity contribution in [3.05, 3.63) is 46.4 Å². The minimum Gasteiger partial charge on any atom is -0.337 e. The van der Waals surface area contributed by atoms with Gasteiger partial charge in [0.2, 0.25) is 11.7 Å². The number of carbonyl (C=O) groups excluding carboxylic acids is 1. The molecule has 0 radical (unpaired) electrons. The van der Waals surface area contributed by atoms with Crippen LogP contribution >= 0.6 is 11.6 Å². The Kier molecular flexibility index (Phi) is 3.78. The van der Waals surface area contributed by atoms with Crippen LogP contribution in [0.5, 0.6) is 0 Å². The van der Waals surface area contributed by atoms with E-state index in [1.165, 1.54) is 6.07 Å². The number of carbonyl (C=O) groups is 1. The lowest BCUT2D eigenvalue weighted by Gasteiger charge is -2.39. The highest BCUT2D eigenvalue weighted by atomic mass is 35.5. The third-order valence-corrected chi connectivity index (χ3v) is 5.45. The van der Waals surface area contributed by atoms with Gasteiger partial charge < -0.3 is 14.3 Å². The van der Waals surface area contributed by atoms with Crippen LogP contribution in [0.15, 0.2) is 23.0 Å². The summed E-state index contributed by atoms with van der Waals surface area (Å²) >= 11 is 6.16. The van der Waals surface area contributed by atoms with Crippen molar-refractivity contribution in [2.75, 3.05) is 20.6 Å². The van der Waals surface area contributed by atoms with Gasteiger partial charge in [0, 0.05) is 6.54 Å². The lowest BCUT2D eigenvalue weighted by molar-refractivity contribution is 0.0461. The largest absolute Gasteiger partial charge is 0.337 e. The van der Waals surface area contributed by atoms with Crippen molar-refractivity contribution in [1.29, 1.82) is 0 Å². The van der Waals surface area contributed by atoms with Gasteiger partial charge in [0.05, 0.1) is 34.6 Å². The number of halogens is 2. The van der Waals surface area contributed by atoms with Crippen molar-refractivity contribution >= 4 is 17.5 Å². The molecular weight excluding hydrogens is 387 g/mol. The van der Waals surface area contributed by atoms with Gasteiger partial charge in [-0.3, -0.25) is 9.36 Å². The van der Waals surface area contributed by atoms with Gasteiger partial charge in [0.25, 0.3) is 5.91 Å². The van der Waals surface area contributed by atoms with Crippen molar-refractivity contribution < 1.29 is 13.7 Å². The Labute approximate surface area is 164 Å². The third kappa shape index (κ3) is 2.39. The average molecular weight is 403 g/mol. The number of rotatable bonds is 3. The van der Waals surface area contributed by atoms with E-state index in [9.17, 15) is 9.18 Å². The molecule has 8 nitrogen and oxygen atoms in total. The molecule has 0 saturated carbocycles. The van der Waals surface area contributed by atoms with E-state index < -0.39 is 5.82 Å². The second-order valence-corrected chi connectivity index (χ2v) is 7.53. The summed E-state index contributed by atoms with van der Waals surface area (Å²) in [6.07, 6.45) is 2.36. The molecule has 5 rings (SSSR count). The number of hydrogen-bond donors (Lipinski definition) is 0. The van der Waals surface area contributed by atoms with Crippen LogP contribution < -0.4 is 0 Å². The first kappa shape index (κ1) is 17.3. The lowest BCUT2D eigenvalue weighted by atomic mass is 9.97. The van der Waals surface area contributed by atoms with Crippen LogP contribution in [0.2, 0.25) is 5.02 Å². The van der Waals surface area contributed by atoms with E-state index in [0.717, 1.165) is 12.1 Å². The highest BCUT2D eigenvalue weighted by molar-refractivity contribution is 6.34. The van der Waals surface area contributed by atoms with Crippen LogP contribution in [-0.4, -0.2) is 56.0 Å². The summed E-state index contributed by atoms with van der Waals surface area (Å²) in [5.41, 5.74) is 1.97. The van der Waals surface area contributed by atoms with Crippen molar-refractivity contribution in [3.8, 4) is 17.2 Å². The molecule has 0 bridgehead atoms. The maximum atomic E-state index is 14.0. The molecule has 0 aliphatic carbocycles. The fourth-order valence-electron chi connectivity index (χ4n) is 3.73. The Morgan fingerprint density at radius 2 is 2.21 bits per heavy atom. The molecule has 28 heavy (non-hydrogen) atoms. The third-order valence-electron chi connectivity index (χ3n) is 5.08. The summed E-state index contributed by atoms with van der Waals surface area (Å²) in [5.74, 6) is -0.0723. The topological polar surface area (TPSA) is 80.3 Å². The molecule has 1 saturated heterocycles. The van der Waals surface area contributed by atoms with Crippen molar-refractivity contribution in [2.24, 2.45) is 0 Å². The van der Waals surface area contributed by atoms with E-state index in [1.54, 1.807) is 21.9 Å². The van der Waals surface area contributed by atoms with Gasteiger partial charge in [-0.05, 0) is 32.6 Å². The lowest BCUT2D eigenvalue weighted by Crippen LogP contribution is -2.44. The molecule has 1 fully saturated rings. The standard InChI is InChI=1S/C18H16ClFN6O2/c1-24(2)7-12-22-17(23-28-12)15-16-11-5-6-25(11)18(27)13-10(26(16)8-21-15)4-3-9(20)14(13)19/h3-4,8,11H,5-7H2,1-2H3/t11-/m0/s1. The van der Waals surface area contributed by atoms with Crippen molar-refractivity contribution in [3.63, 3.8) is 0 Å². The van der Waals surface area contributed by atoms with Crippen LogP contribution in [0.25, 0.3) is 17.2 Å². The van der Waals surface area contributed by atoms with Gasteiger partial charge in [0.15, 0.2) is 0 Å². The predicted molar refractivity (Wildman–Crippen MR) is 97.6 cm³/mol. The first-order valence-corrected chi connectivity index (χ1v) is 9.17.